The van der Waals surface area contributed by atoms with Crippen molar-refractivity contribution in [3.63, 3.8) is 0 Å². The van der Waals surface area contributed by atoms with Crippen LogP contribution in [-0.2, 0) is 17.8 Å². The topological polar surface area (TPSA) is 24.5 Å². The van der Waals surface area contributed by atoms with Crippen LogP contribution in [0, 0.1) is 5.92 Å². The quantitative estimate of drug-likeness (QED) is 0.492. The minimum absolute atomic E-state index is 0.670. The van der Waals surface area contributed by atoms with E-state index in [-0.39, 0.29) is 0 Å². The predicted molar refractivity (Wildman–Crippen MR) is 129 cm³/mol. The van der Waals surface area contributed by atoms with Gasteiger partial charge in [-0.15, -0.1) is 0 Å². The van der Waals surface area contributed by atoms with Crippen LogP contribution in [0.5, 0.6) is 0 Å². The van der Waals surface area contributed by atoms with Crippen molar-refractivity contribution in [2.75, 3.05) is 19.8 Å². The number of benzene rings is 2. The van der Waals surface area contributed by atoms with Crippen LogP contribution in [0.15, 0.2) is 60.7 Å². The molecule has 1 N–H and O–H groups in total. The van der Waals surface area contributed by atoms with Crippen molar-refractivity contribution in [1.29, 1.82) is 0 Å². The highest BCUT2D eigenvalue weighted by Gasteiger charge is 2.26. The van der Waals surface area contributed by atoms with Gasteiger partial charge in [0.2, 0.25) is 0 Å². The molecular formula is C28H40N2O. The molecule has 4 rings (SSSR count). The van der Waals surface area contributed by atoms with Crippen LogP contribution in [0.2, 0.25) is 0 Å². The van der Waals surface area contributed by atoms with E-state index in [1.165, 1.54) is 69.0 Å². The Balaban J connectivity index is 1.23. The van der Waals surface area contributed by atoms with Gasteiger partial charge in [0, 0.05) is 38.4 Å². The first-order chi connectivity index (χ1) is 15.4. The van der Waals surface area contributed by atoms with Gasteiger partial charge in [-0.1, -0.05) is 67.1 Å². The summed E-state index contributed by atoms with van der Waals surface area (Å²) in [7, 11) is 0. The highest BCUT2D eigenvalue weighted by Crippen LogP contribution is 2.30. The third-order valence-electron chi connectivity index (χ3n) is 7.17. The molecule has 2 aromatic carbocycles. The van der Waals surface area contributed by atoms with Gasteiger partial charge in [0.05, 0.1) is 0 Å². The summed E-state index contributed by atoms with van der Waals surface area (Å²) in [5.41, 5.74) is 2.83. The van der Waals surface area contributed by atoms with Crippen molar-refractivity contribution in [3.8, 4) is 0 Å². The molecule has 1 saturated heterocycles. The molecule has 2 fully saturated rings. The van der Waals surface area contributed by atoms with Gasteiger partial charge in [-0.25, -0.2) is 0 Å². The number of hydrogen-bond acceptors (Lipinski definition) is 3. The molecule has 1 heterocycles. The van der Waals surface area contributed by atoms with E-state index in [1.54, 1.807) is 0 Å². The molecule has 0 aromatic heterocycles. The van der Waals surface area contributed by atoms with Crippen LogP contribution >= 0.6 is 0 Å². The molecule has 0 bridgehead atoms. The van der Waals surface area contributed by atoms with Gasteiger partial charge in [-0.2, -0.15) is 0 Å². The number of hydrogen-bond donors (Lipinski definition) is 1. The lowest BCUT2D eigenvalue weighted by Gasteiger charge is -2.37. The van der Waals surface area contributed by atoms with E-state index in [9.17, 15) is 0 Å². The number of nitrogens with one attached hydrogen (secondary N) is 1. The first-order valence-corrected chi connectivity index (χ1v) is 12.5. The largest absolute Gasteiger partial charge is 0.381 e. The molecule has 0 spiro atoms. The van der Waals surface area contributed by atoms with Crippen LogP contribution in [0.4, 0.5) is 0 Å². The SMILES string of the molecule is c1ccc(CN(Cc2ccccc2)C2CCC(COCC[C@@H]3CCCCN3)CC2)cc1. The third kappa shape index (κ3) is 7.45. The van der Waals surface area contributed by atoms with Gasteiger partial charge in [-0.05, 0) is 68.5 Å². The summed E-state index contributed by atoms with van der Waals surface area (Å²) in [4.78, 5) is 2.70. The standard InChI is InChI=1S/C28H40N2O/c1-3-9-24(10-4-1)21-30(22-25-11-5-2-6-12-25)28-16-14-26(15-17-28)23-31-20-18-27-13-7-8-19-29-27/h1-6,9-12,26-29H,7-8,13-23H2/t26?,27-,28?/m0/s1. The maximum Gasteiger partial charge on any atom is 0.0494 e. The Morgan fingerprint density at radius 3 is 2.00 bits per heavy atom. The second-order valence-electron chi connectivity index (χ2n) is 9.56. The summed E-state index contributed by atoms with van der Waals surface area (Å²) in [5, 5.41) is 3.63. The molecule has 2 aliphatic rings. The predicted octanol–water partition coefficient (Wildman–Crippen LogP) is 5.80. The fourth-order valence-electron chi connectivity index (χ4n) is 5.27. The minimum Gasteiger partial charge on any atom is -0.381 e. The van der Waals surface area contributed by atoms with Crippen LogP contribution in [-0.4, -0.2) is 36.7 Å². The van der Waals surface area contributed by atoms with Crippen molar-refractivity contribution >= 4 is 0 Å². The van der Waals surface area contributed by atoms with Crippen molar-refractivity contribution in [2.45, 2.75) is 76.5 Å². The Hall–Kier alpha value is -1.68. The number of nitrogens with zero attached hydrogens (tertiary/aromatic N) is 1. The normalized spacial score (nSPS) is 24.4. The molecule has 3 nitrogen and oxygen atoms in total. The molecule has 0 unspecified atom stereocenters. The fourth-order valence-corrected chi connectivity index (χ4v) is 5.27. The summed E-state index contributed by atoms with van der Waals surface area (Å²) in [6, 6.07) is 23.3. The average molecular weight is 421 g/mol. The number of rotatable bonds is 10. The second kappa shape index (κ2) is 12.4. The van der Waals surface area contributed by atoms with E-state index in [2.05, 4.69) is 70.9 Å². The van der Waals surface area contributed by atoms with Gasteiger partial charge in [0.15, 0.2) is 0 Å². The molecule has 1 aliphatic heterocycles. The van der Waals surface area contributed by atoms with Gasteiger partial charge in [0.1, 0.15) is 0 Å². The minimum atomic E-state index is 0.670. The average Bonchev–Trinajstić information content (AvgIpc) is 2.84. The molecule has 31 heavy (non-hydrogen) atoms. The zero-order valence-corrected chi connectivity index (χ0v) is 19.1. The van der Waals surface area contributed by atoms with E-state index < -0.39 is 0 Å². The van der Waals surface area contributed by atoms with E-state index in [0.29, 0.717) is 12.1 Å². The van der Waals surface area contributed by atoms with Crippen LogP contribution in [0.1, 0.15) is 62.5 Å². The maximum atomic E-state index is 6.11. The summed E-state index contributed by atoms with van der Waals surface area (Å²) in [5.74, 6) is 0.742. The molecule has 1 saturated carbocycles. The summed E-state index contributed by atoms with van der Waals surface area (Å²) < 4.78 is 6.11. The Morgan fingerprint density at radius 1 is 0.774 bits per heavy atom. The zero-order chi connectivity index (χ0) is 21.1. The van der Waals surface area contributed by atoms with Gasteiger partial charge >= 0.3 is 0 Å². The number of ether oxygens (including phenoxy) is 1. The van der Waals surface area contributed by atoms with E-state index in [4.69, 9.17) is 4.74 Å². The third-order valence-corrected chi connectivity index (χ3v) is 7.17. The molecule has 1 aliphatic carbocycles. The number of piperidine rings is 1. The summed E-state index contributed by atoms with van der Waals surface area (Å²) in [6.45, 7) is 5.14. The van der Waals surface area contributed by atoms with Crippen LogP contribution in [0.25, 0.3) is 0 Å². The van der Waals surface area contributed by atoms with E-state index in [1.807, 2.05) is 0 Å². The Labute approximate surface area is 189 Å². The van der Waals surface area contributed by atoms with Crippen molar-refractivity contribution in [2.24, 2.45) is 5.92 Å². The monoisotopic (exact) mass is 420 g/mol. The summed E-state index contributed by atoms with van der Waals surface area (Å²) in [6.07, 6.45) is 10.4. The first kappa shape index (κ1) is 22.5. The lowest BCUT2D eigenvalue weighted by atomic mass is 9.85. The molecule has 2 aromatic rings. The van der Waals surface area contributed by atoms with Crippen molar-refractivity contribution in [3.05, 3.63) is 71.8 Å². The second-order valence-corrected chi connectivity index (χ2v) is 9.56. The Morgan fingerprint density at radius 2 is 1.42 bits per heavy atom. The maximum absolute atomic E-state index is 6.11. The van der Waals surface area contributed by atoms with Gasteiger partial charge < -0.3 is 10.1 Å². The van der Waals surface area contributed by atoms with Crippen molar-refractivity contribution in [1.82, 2.24) is 10.2 Å². The van der Waals surface area contributed by atoms with Crippen LogP contribution in [0.3, 0.4) is 0 Å². The summed E-state index contributed by atoms with van der Waals surface area (Å²) >= 11 is 0. The molecule has 168 valence electrons. The zero-order valence-electron chi connectivity index (χ0n) is 19.1. The first-order valence-electron chi connectivity index (χ1n) is 12.5. The van der Waals surface area contributed by atoms with Gasteiger partial charge in [-0.3, -0.25) is 4.90 Å². The highest BCUT2D eigenvalue weighted by molar-refractivity contribution is 5.17. The fraction of sp³-hybridized carbons (Fsp3) is 0.571. The van der Waals surface area contributed by atoms with E-state index in [0.717, 1.165) is 32.2 Å². The smallest absolute Gasteiger partial charge is 0.0494 e. The van der Waals surface area contributed by atoms with Gasteiger partial charge in [0.25, 0.3) is 0 Å². The Kier molecular flexibility index (Phi) is 8.99. The van der Waals surface area contributed by atoms with Crippen LogP contribution < -0.4 is 5.32 Å². The highest BCUT2D eigenvalue weighted by atomic mass is 16.5. The molecular weight excluding hydrogens is 380 g/mol. The molecule has 1 atom stereocenters. The molecule has 3 heteroatoms. The lowest BCUT2D eigenvalue weighted by Crippen LogP contribution is -2.38. The van der Waals surface area contributed by atoms with Crippen molar-refractivity contribution < 1.29 is 4.74 Å². The Bertz CT molecular complexity index is 680. The molecule has 0 amide bonds. The molecule has 0 radical (unpaired) electrons. The van der Waals surface area contributed by atoms with E-state index >= 15 is 0 Å². The lowest BCUT2D eigenvalue weighted by molar-refractivity contribution is 0.0545.